The maximum absolute atomic E-state index is 13.7. The lowest BCUT2D eigenvalue weighted by atomic mass is 10.2. The second-order valence-corrected chi connectivity index (χ2v) is 9.66. The Bertz CT molecular complexity index is 847. The molecule has 1 fully saturated rings. The van der Waals surface area contributed by atoms with E-state index < -0.39 is 7.29 Å². The summed E-state index contributed by atoms with van der Waals surface area (Å²) in [5.74, 6) is 4.80. The highest BCUT2D eigenvalue weighted by atomic mass is 31.2. The standard InChI is InChI=1S/C23H27N2O3P/c26-29(24-12-7-13-25-14-16-27-17-15-25)18-22(20-8-3-1-4-9-20)28-23(19-29)21-10-5-2-6-11-21/h1-6,8-11,18-19H,7,12-17H2,(H,24,26)/p+1. The summed E-state index contributed by atoms with van der Waals surface area (Å²) < 4.78 is 25.2. The minimum absolute atomic E-state index is 0.640. The molecule has 2 N–H and O–H groups in total. The van der Waals surface area contributed by atoms with E-state index in [2.05, 4.69) is 5.09 Å². The number of benzene rings is 2. The zero-order valence-corrected chi connectivity index (χ0v) is 17.4. The molecule has 0 spiro atoms. The average Bonchev–Trinajstić information content (AvgIpc) is 2.78. The number of rotatable bonds is 7. The van der Waals surface area contributed by atoms with Gasteiger partial charge in [0.2, 0.25) is 0 Å². The SMILES string of the molecule is O=P1(NCCC[NH+]2CCOCC2)C=C(c2ccccc2)OC(c2ccccc2)=C1. The van der Waals surface area contributed by atoms with Crippen LogP contribution in [0.4, 0.5) is 0 Å². The quantitative estimate of drug-likeness (QED) is 0.543. The van der Waals surface area contributed by atoms with Gasteiger partial charge in [0, 0.05) is 35.7 Å². The Morgan fingerprint density at radius 3 is 1.97 bits per heavy atom. The van der Waals surface area contributed by atoms with E-state index in [0.717, 1.165) is 50.4 Å². The van der Waals surface area contributed by atoms with Gasteiger partial charge in [0.05, 0.1) is 19.8 Å². The molecule has 1 saturated heterocycles. The van der Waals surface area contributed by atoms with Crippen LogP contribution < -0.4 is 9.99 Å². The molecule has 152 valence electrons. The van der Waals surface area contributed by atoms with Gasteiger partial charge in [-0.15, -0.1) is 0 Å². The zero-order chi connectivity index (χ0) is 19.9. The molecule has 2 aliphatic rings. The maximum atomic E-state index is 13.7. The van der Waals surface area contributed by atoms with Crippen LogP contribution in [-0.2, 0) is 14.0 Å². The number of nitrogens with one attached hydrogen (secondary N) is 2. The van der Waals surface area contributed by atoms with Gasteiger partial charge in [-0.05, 0) is 0 Å². The Morgan fingerprint density at radius 2 is 1.41 bits per heavy atom. The third-order valence-electron chi connectivity index (χ3n) is 5.22. The van der Waals surface area contributed by atoms with Crippen molar-refractivity contribution in [2.45, 2.75) is 6.42 Å². The number of hydrogen-bond donors (Lipinski definition) is 2. The lowest BCUT2D eigenvalue weighted by Gasteiger charge is -2.25. The maximum Gasteiger partial charge on any atom is 0.198 e. The predicted octanol–water partition coefficient (Wildman–Crippen LogP) is 3.19. The Morgan fingerprint density at radius 1 is 0.862 bits per heavy atom. The summed E-state index contributed by atoms with van der Waals surface area (Å²) in [5.41, 5.74) is 1.85. The fraction of sp³-hybridized carbons (Fsp3) is 0.304. The van der Waals surface area contributed by atoms with Crippen LogP contribution >= 0.6 is 7.29 Å². The molecule has 0 amide bonds. The van der Waals surface area contributed by atoms with Gasteiger partial charge in [0.1, 0.15) is 24.6 Å². The third-order valence-corrected chi connectivity index (χ3v) is 7.17. The van der Waals surface area contributed by atoms with E-state index >= 15 is 0 Å². The summed E-state index contributed by atoms with van der Waals surface area (Å²) in [6.45, 7) is 5.56. The Labute approximate surface area is 172 Å². The van der Waals surface area contributed by atoms with Gasteiger partial charge < -0.3 is 14.4 Å². The summed E-state index contributed by atoms with van der Waals surface area (Å²) in [4.78, 5) is 1.56. The smallest absolute Gasteiger partial charge is 0.198 e. The molecule has 0 atom stereocenters. The first kappa shape index (κ1) is 20.1. The summed E-state index contributed by atoms with van der Waals surface area (Å²) in [6, 6.07) is 19.7. The minimum Gasteiger partial charge on any atom is -0.456 e. The van der Waals surface area contributed by atoms with Crippen molar-refractivity contribution in [1.82, 2.24) is 5.09 Å². The monoisotopic (exact) mass is 411 g/mol. The normalized spacial score (nSPS) is 19.2. The highest BCUT2D eigenvalue weighted by Crippen LogP contribution is 2.53. The molecule has 2 heterocycles. The Kier molecular flexibility index (Phi) is 6.63. The van der Waals surface area contributed by atoms with Gasteiger partial charge in [-0.2, -0.15) is 0 Å². The van der Waals surface area contributed by atoms with Crippen molar-refractivity contribution in [2.24, 2.45) is 0 Å². The fourth-order valence-electron chi connectivity index (χ4n) is 3.62. The molecule has 0 saturated carbocycles. The van der Waals surface area contributed by atoms with Crippen LogP contribution in [-0.4, -0.2) is 39.4 Å². The van der Waals surface area contributed by atoms with Gasteiger partial charge >= 0.3 is 0 Å². The first-order valence-electron chi connectivity index (χ1n) is 10.2. The van der Waals surface area contributed by atoms with E-state index in [1.54, 1.807) is 16.5 Å². The van der Waals surface area contributed by atoms with Gasteiger partial charge in [0.15, 0.2) is 7.29 Å². The lowest BCUT2D eigenvalue weighted by Crippen LogP contribution is -3.14. The number of quaternary nitrogens is 1. The van der Waals surface area contributed by atoms with E-state index in [1.165, 1.54) is 0 Å². The van der Waals surface area contributed by atoms with E-state index in [-0.39, 0.29) is 0 Å². The second-order valence-electron chi connectivity index (χ2n) is 7.40. The molecule has 6 heteroatoms. The van der Waals surface area contributed by atoms with E-state index in [0.29, 0.717) is 18.1 Å². The van der Waals surface area contributed by atoms with Gasteiger partial charge in [-0.1, -0.05) is 60.7 Å². The van der Waals surface area contributed by atoms with Gasteiger partial charge in [-0.25, -0.2) is 0 Å². The van der Waals surface area contributed by atoms with Crippen LogP contribution in [0.3, 0.4) is 0 Å². The molecule has 2 aromatic carbocycles. The fourth-order valence-corrected chi connectivity index (χ4v) is 5.49. The molecule has 0 unspecified atom stereocenters. The molecule has 0 bridgehead atoms. The summed E-state index contributed by atoms with van der Waals surface area (Å²) in [6.07, 6.45) is 0.975. The van der Waals surface area contributed by atoms with Crippen molar-refractivity contribution in [1.29, 1.82) is 0 Å². The summed E-state index contributed by atoms with van der Waals surface area (Å²) >= 11 is 0. The van der Waals surface area contributed by atoms with E-state index in [4.69, 9.17) is 9.47 Å². The van der Waals surface area contributed by atoms with E-state index in [1.807, 2.05) is 60.7 Å². The molecule has 2 aliphatic heterocycles. The molecule has 0 aliphatic carbocycles. The minimum atomic E-state index is -2.86. The molecule has 5 nitrogen and oxygen atoms in total. The molecule has 0 aromatic heterocycles. The first-order valence-corrected chi connectivity index (χ1v) is 12.1. The Hall–Kier alpha value is -2.17. The number of ether oxygens (including phenoxy) is 2. The van der Waals surface area contributed by atoms with Gasteiger partial charge in [0.25, 0.3) is 0 Å². The number of hydrogen-bond acceptors (Lipinski definition) is 3. The van der Waals surface area contributed by atoms with Crippen LogP contribution in [0.1, 0.15) is 17.5 Å². The van der Waals surface area contributed by atoms with Crippen LogP contribution in [0.25, 0.3) is 11.5 Å². The molecular weight excluding hydrogens is 383 g/mol. The summed E-state index contributed by atoms with van der Waals surface area (Å²) in [5, 5.41) is 3.32. The topological polar surface area (TPSA) is 52.0 Å². The molecule has 29 heavy (non-hydrogen) atoms. The largest absolute Gasteiger partial charge is 0.456 e. The molecular formula is C23H28N2O3P+. The predicted molar refractivity (Wildman–Crippen MR) is 117 cm³/mol. The van der Waals surface area contributed by atoms with Crippen molar-refractivity contribution in [2.75, 3.05) is 39.4 Å². The highest BCUT2D eigenvalue weighted by Gasteiger charge is 2.26. The molecule has 0 radical (unpaired) electrons. The van der Waals surface area contributed by atoms with Crippen molar-refractivity contribution in [3.8, 4) is 0 Å². The average molecular weight is 411 g/mol. The van der Waals surface area contributed by atoms with Crippen LogP contribution in [0.2, 0.25) is 0 Å². The molecule has 2 aromatic rings. The second kappa shape index (κ2) is 9.55. The van der Waals surface area contributed by atoms with Crippen molar-refractivity contribution in [3.63, 3.8) is 0 Å². The third kappa shape index (κ3) is 5.46. The van der Waals surface area contributed by atoms with Crippen LogP contribution in [0.5, 0.6) is 0 Å². The van der Waals surface area contributed by atoms with Crippen molar-refractivity contribution < 1.29 is 18.9 Å². The summed E-state index contributed by atoms with van der Waals surface area (Å²) in [7, 11) is -2.86. The first-order chi connectivity index (χ1) is 14.2. The Balaban J connectivity index is 1.49. The van der Waals surface area contributed by atoms with Crippen LogP contribution in [0.15, 0.2) is 72.3 Å². The molecule has 4 rings (SSSR count). The highest BCUT2D eigenvalue weighted by molar-refractivity contribution is 7.68. The van der Waals surface area contributed by atoms with Crippen molar-refractivity contribution >= 4 is 18.8 Å². The lowest BCUT2D eigenvalue weighted by molar-refractivity contribution is -0.908. The van der Waals surface area contributed by atoms with Crippen molar-refractivity contribution in [3.05, 3.63) is 83.4 Å². The zero-order valence-electron chi connectivity index (χ0n) is 16.5. The van der Waals surface area contributed by atoms with Crippen LogP contribution in [0, 0.1) is 0 Å². The van der Waals surface area contributed by atoms with Gasteiger partial charge in [-0.3, -0.25) is 9.65 Å². The van der Waals surface area contributed by atoms with E-state index in [9.17, 15) is 4.57 Å². The number of morpholine rings is 1.